The van der Waals surface area contributed by atoms with Crippen LogP contribution in [0.15, 0.2) is 108 Å². The molecule has 0 radical (unpaired) electrons. The zero-order chi connectivity index (χ0) is 22.9. The Morgan fingerprint density at radius 1 is 0.848 bits per heavy atom. The summed E-state index contributed by atoms with van der Waals surface area (Å²) in [6.07, 6.45) is 1.59. The molecule has 0 spiro atoms. The lowest BCUT2D eigenvalue weighted by molar-refractivity contribution is 0.0955. The number of carbonyl (C=O) groups is 1. The Kier molecular flexibility index (Phi) is 7.13. The summed E-state index contributed by atoms with van der Waals surface area (Å²) < 4.78 is 11.2. The molecule has 0 fully saturated rings. The first-order valence-electron chi connectivity index (χ1n) is 10.6. The number of carbonyl (C=O) groups excluding carboxylic acids is 1. The van der Waals surface area contributed by atoms with Crippen molar-refractivity contribution in [2.24, 2.45) is 5.10 Å². The van der Waals surface area contributed by atoms with Gasteiger partial charge in [-0.05, 0) is 59.2 Å². The fourth-order valence-electron chi connectivity index (χ4n) is 3.28. The number of hydrogen-bond donors (Lipinski definition) is 1. The van der Waals surface area contributed by atoms with Gasteiger partial charge in [0.25, 0.3) is 5.91 Å². The molecule has 0 heterocycles. The molecule has 0 aromatic heterocycles. The Hall–Kier alpha value is -4.38. The largest absolute Gasteiger partial charge is 0.497 e. The van der Waals surface area contributed by atoms with E-state index in [2.05, 4.69) is 22.7 Å². The quantitative estimate of drug-likeness (QED) is 0.284. The summed E-state index contributed by atoms with van der Waals surface area (Å²) in [5.41, 5.74) is 7.05. The third kappa shape index (κ3) is 5.86. The van der Waals surface area contributed by atoms with Crippen molar-refractivity contribution in [2.45, 2.75) is 6.61 Å². The van der Waals surface area contributed by atoms with E-state index in [4.69, 9.17) is 9.47 Å². The Labute approximate surface area is 193 Å². The summed E-state index contributed by atoms with van der Waals surface area (Å²) in [5.74, 6) is 1.31. The summed E-state index contributed by atoms with van der Waals surface area (Å²) in [5, 5.41) is 4.02. The summed E-state index contributed by atoms with van der Waals surface area (Å²) in [7, 11) is 1.62. The van der Waals surface area contributed by atoms with Crippen LogP contribution in [0.5, 0.6) is 11.5 Å². The molecular formula is C28H24N2O3. The molecule has 0 atom stereocenters. The van der Waals surface area contributed by atoms with Crippen LogP contribution in [-0.4, -0.2) is 19.2 Å². The molecule has 0 unspecified atom stereocenters. The first-order valence-corrected chi connectivity index (χ1v) is 10.6. The maximum atomic E-state index is 12.4. The van der Waals surface area contributed by atoms with Gasteiger partial charge in [-0.1, -0.05) is 60.7 Å². The highest BCUT2D eigenvalue weighted by Crippen LogP contribution is 2.30. The topological polar surface area (TPSA) is 59.9 Å². The van der Waals surface area contributed by atoms with Crippen molar-refractivity contribution in [1.29, 1.82) is 0 Å². The molecule has 33 heavy (non-hydrogen) atoms. The summed E-state index contributed by atoms with van der Waals surface area (Å²) in [6.45, 7) is 0.404. The Morgan fingerprint density at radius 3 is 2.27 bits per heavy atom. The first-order chi connectivity index (χ1) is 16.2. The molecule has 0 aliphatic heterocycles. The lowest BCUT2D eigenvalue weighted by atomic mass is 10.0. The smallest absolute Gasteiger partial charge is 0.271 e. The SMILES string of the molecule is COc1ccc(C=NNC(=O)c2ccc(COc3ccccc3-c3ccccc3)cc2)cc1. The molecule has 1 N–H and O–H groups in total. The molecule has 5 nitrogen and oxygen atoms in total. The number of benzene rings is 4. The number of amides is 1. The fourth-order valence-corrected chi connectivity index (χ4v) is 3.28. The van der Waals surface area contributed by atoms with Crippen molar-refractivity contribution in [2.75, 3.05) is 7.11 Å². The van der Waals surface area contributed by atoms with E-state index in [-0.39, 0.29) is 5.91 Å². The van der Waals surface area contributed by atoms with Gasteiger partial charge in [0.15, 0.2) is 0 Å². The van der Waals surface area contributed by atoms with E-state index in [1.54, 1.807) is 25.5 Å². The van der Waals surface area contributed by atoms with Crippen LogP contribution in [-0.2, 0) is 6.61 Å². The van der Waals surface area contributed by atoms with E-state index in [9.17, 15) is 4.79 Å². The summed E-state index contributed by atoms with van der Waals surface area (Å²) in [6, 6.07) is 32.8. The van der Waals surface area contributed by atoms with E-state index < -0.39 is 0 Å². The van der Waals surface area contributed by atoms with E-state index in [0.29, 0.717) is 12.2 Å². The number of hydrogen-bond acceptors (Lipinski definition) is 4. The van der Waals surface area contributed by atoms with Crippen molar-refractivity contribution < 1.29 is 14.3 Å². The molecule has 5 heteroatoms. The summed E-state index contributed by atoms with van der Waals surface area (Å²) >= 11 is 0. The van der Waals surface area contributed by atoms with E-state index in [1.807, 2.05) is 78.9 Å². The molecule has 4 aromatic rings. The molecule has 0 aliphatic rings. The number of methoxy groups -OCH3 is 1. The van der Waals surface area contributed by atoms with E-state index in [0.717, 1.165) is 33.8 Å². The minimum Gasteiger partial charge on any atom is -0.497 e. The average Bonchev–Trinajstić information content (AvgIpc) is 2.89. The maximum Gasteiger partial charge on any atom is 0.271 e. The van der Waals surface area contributed by atoms with Crippen LogP contribution >= 0.6 is 0 Å². The minimum absolute atomic E-state index is 0.276. The van der Waals surface area contributed by atoms with Crippen LogP contribution in [0.2, 0.25) is 0 Å². The van der Waals surface area contributed by atoms with Crippen molar-refractivity contribution in [3.8, 4) is 22.6 Å². The van der Waals surface area contributed by atoms with Gasteiger partial charge >= 0.3 is 0 Å². The second-order valence-electron chi connectivity index (χ2n) is 7.32. The molecule has 1 amide bonds. The molecule has 0 saturated heterocycles. The predicted molar refractivity (Wildman–Crippen MR) is 131 cm³/mol. The number of rotatable bonds is 8. The normalized spacial score (nSPS) is 10.7. The van der Waals surface area contributed by atoms with Gasteiger partial charge in [-0.15, -0.1) is 0 Å². The highest BCUT2D eigenvalue weighted by Gasteiger charge is 2.07. The zero-order valence-corrected chi connectivity index (χ0v) is 18.3. The number of hydrazone groups is 1. The number of para-hydroxylation sites is 1. The molecule has 0 bridgehead atoms. The molecule has 0 saturated carbocycles. The Balaban J connectivity index is 1.34. The van der Waals surface area contributed by atoms with Crippen molar-refractivity contribution in [3.05, 3.63) is 120 Å². The van der Waals surface area contributed by atoms with Gasteiger partial charge in [-0.3, -0.25) is 4.79 Å². The number of ether oxygens (including phenoxy) is 2. The summed E-state index contributed by atoms with van der Waals surface area (Å²) in [4.78, 5) is 12.4. The first kappa shape index (κ1) is 21.8. The van der Waals surface area contributed by atoms with Crippen LogP contribution in [0.4, 0.5) is 0 Å². The molecular weight excluding hydrogens is 412 g/mol. The molecule has 0 aliphatic carbocycles. The lowest BCUT2D eigenvalue weighted by Gasteiger charge is -2.12. The van der Waals surface area contributed by atoms with Crippen molar-refractivity contribution in [3.63, 3.8) is 0 Å². The highest BCUT2D eigenvalue weighted by molar-refractivity contribution is 5.94. The average molecular weight is 437 g/mol. The molecule has 4 rings (SSSR count). The van der Waals surface area contributed by atoms with Crippen LogP contribution < -0.4 is 14.9 Å². The highest BCUT2D eigenvalue weighted by atomic mass is 16.5. The number of nitrogens with one attached hydrogen (secondary N) is 1. The van der Waals surface area contributed by atoms with Gasteiger partial charge in [-0.2, -0.15) is 5.10 Å². The molecule has 164 valence electrons. The second-order valence-corrected chi connectivity index (χ2v) is 7.32. The van der Waals surface area contributed by atoms with Gasteiger partial charge in [-0.25, -0.2) is 5.43 Å². The van der Waals surface area contributed by atoms with Gasteiger partial charge in [0, 0.05) is 11.1 Å². The van der Waals surface area contributed by atoms with Gasteiger partial charge < -0.3 is 9.47 Å². The van der Waals surface area contributed by atoms with Crippen LogP contribution in [0.1, 0.15) is 21.5 Å². The van der Waals surface area contributed by atoms with Gasteiger partial charge in [0.1, 0.15) is 18.1 Å². The minimum atomic E-state index is -0.276. The van der Waals surface area contributed by atoms with Crippen molar-refractivity contribution in [1.82, 2.24) is 5.43 Å². The third-order valence-corrected chi connectivity index (χ3v) is 5.08. The predicted octanol–water partition coefficient (Wildman–Crippen LogP) is 5.71. The monoisotopic (exact) mass is 436 g/mol. The van der Waals surface area contributed by atoms with Crippen LogP contribution in [0, 0.1) is 0 Å². The zero-order valence-electron chi connectivity index (χ0n) is 18.3. The Morgan fingerprint density at radius 2 is 1.55 bits per heavy atom. The third-order valence-electron chi connectivity index (χ3n) is 5.08. The number of nitrogens with zero attached hydrogens (tertiary/aromatic N) is 1. The van der Waals surface area contributed by atoms with E-state index >= 15 is 0 Å². The van der Waals surface area contributed by atoms with Crippen LogP contribution in [0.25, 0.3) is 11.1 Å². The standard InChI is InChI=1S/C28H24N2O3/c1-32-25-17-13-21(14-18-25)19-29-30-28(31)24-15-11-22(12-16-24)20-33-27-10-6-5-9-26(27)23-7-3-2-4-8-23/h2-19H,20H2,1H3,(H,30,31). The van der Waals surface area contributed by atoms with Gasteiger partial charge in [0.05, 0.1) is 13.3 Å². The van der Waals surface area contributed by atoms with Crippen LogP contribution in [0.3, 0.4) is 0 Å². The Bertz CT molecular complexity index is 1220. The lowest BCUT2D eigenvalue weighted by Crippen LogP contribution is -2.17. The van der Waals surface area contributed by atoms with Gasteiger partial charge in [0.2, 0.25) is 0 Å². The van der Waals surface area contributed by atoms with Crippen molar-refractivity contribution >= 4 is 12.1 Å². The maximum absolute atomic E-state index is 12.4. The molecule has 4 aromatic carbocycles. The van der Waals surface area contributed by atoms with E-state index in [1.165, 1.54) is 0 Å². The fraction of sp³-hybridized carbons (Fsp3) is 0.0714. The second kappa shape index (κ2) is 10.8.